The van der Waals surface area contributed by atoms with Gasteiger partial charge >= 0.3 is 6.18 Å². The molecule has 2 atom stereocenters. The van der Waals surface area contributed by atoms with Crippen LogP contribution < -0.4 is 5.73 Å². The summed E-state index contributed by atoms with van der Waals surface area (Å²) in [6.07, 6.45) is -1.28. The third-order valence-corrected chi connectivity index (χ3v) is 5.89. The Labute approximate surface area is 184 Å². The van der Waals surface area contributed by atoms with E-state index in [-0.39, 0.29) is 23.5 Å². The second-order valence-corrected chi connectivity index (χ2v) is 7.87. The monoisotopic (exact) mass is 456 g/mol. The number of halogens is 4. The van der Waals surface area contributed by atoms with Gasteiger partial charge in [-0.1, -0.05) is 6.07 Å². The number of hydrogen-bond acceptors (Lipinski definition) is 5. The summed E-state index contributed by atoms with van der Waals surface area (Å²) in [5.74, 6) is -1.12. The molecule has 176 valence electrons. The number of rotatable bonds is 5. The highest BCUT2D eigenvalue weighted by Crippen LogP contribution is 2.35. The fourth-order valence-electron chi connectivity index (χ4n) is 4.05. The van der Waals surface area contributed by atoms with Crippen LogP contribution in [-0.2, 0) is 4.74 Å². The van der Waals surface area contributed by atoms with E-state index in [0.29, 0.717) is 31.9 Å². The molecule has 3 rings (SSSR count). The molecule has 2 N–H and O–H groups in total. The van der Waals surface area contributed by atoms with Crippen LogP contribution in [0.15, 0.2) is 41.9 Å². The lowest BCUT2D eigenvalue weighted by Gasteiger charge is -2.39. The Morgan fingerprint density at radius 1 is 1.31 bits per heavy atom. The van der Waals surface area contributed by atoms with Gasteiger partial charge in [-0.05, 0) is 37.6 Å². The maximum Gasteiger partial charge on any atom is 0.408 e. The van der Waals surface area contributed by atoms with Gasteiger partial charge in [0.1, 0.15) is 11.9 Å². The summed E-state index contributed by atoms with van der Waals surface area (Å²) in [6.45, 7) is 4.38. The third-order valence-electron chi connectivity index (χ3n) is 5.89. The predicted octanol–water partition coefficient (Wildman–Crippen LogP) is 3.24. The van der Waals surface area contributed by atoms with Crippen LogP contribution in [0, 0.1) is 5.82 Å². The Morgan fingerprint density at radius 3 is 2.53 bits per heavy atom. The smallest absolute Gasteiger partial charge is 0.398 e. The van der Waals surface area contributed by atoms with Gasteiger partial charge in [-0.15, -0.1) is 0 Å². The second kappa shape index (κ2) is 9.40. The minimum absolute atomic E-state index is 0.0618. The second-order valence-electron chi connectivity index (χ2n) is 7.87. The number of allylic oxidation sites excluding steroid dienone is 1. The molecule has 32 heavy (non-hydrogen) atoms. The van der Waals surface area contributed by atoms with Gasteiger partial charge in [0.2, 0.25) is 0 Å². The molecular weight excluding hydrogens is 428 g/mol. The van der Waals surface area contributed by atoms with E-state index < -0.39 is 30.0 Å². The normalized spacial score (nSPS) is 20.5. The van der Waals surface area contributed by atoms with Crippen molar-refractivity contribution < 1.29 is 27.1 Å². The van der Waals surface area contributed by atoms with Crippen LogP contribution in [0.1, 0.15) is 35.8 Å². The number of likely N-dealkylation sites (N-methyl/N-ethyl adjacent to an activating group) is 2. The number of nitrogens with zero attached hydrogens (tertiary/aromatic N) is 3. The topological polar surface area (TPSA) is 62.0 Å². The first kappa shape index (κ1) is 23.9. The molecule has 1 aromatic carbocycles. The third kappa shape index (κ3) is 4.69. The minimum Gasteiger partial charge on any atom is -0.398 e. The first-order chi connectivity index (χ1) is 15.1. The number of carbonyl (C=O) groups is 1. The van der Waals surface area contributed by atoms with Crippen molar-refractivity contribution in [1.82, 2.24) is 14.7 Å². The van der Waals surface area contributed by atoms with Crippen molar-refractivity contribution >= 4 is 5.91 Å². The summed E-state index contributed by atoms with van der Waals surface area (Å²) < 4.78 is 60.2. The molecule has 0 spiro atoms. The van der Waals surface area contributed by atoms with Crippen LogP contribution in [0.4, 0.5) is 17.6 Å². The van der Waals surface area contributed by atoms with Crippen molar-refractivity contribution in [3.63, 3.8) is 0 Å². The van der Waals surface area contributed by atoms with Crippen LogP contribution in [-0.4, -0.2) is 72.7 Å². The summed E-state index contributed by atoms with van der Waals surface area (Å²) in [5, 5.41) is 0. The van der Waals surface area contributed by atoms with Crippen molar-refractivity contribution in [1.29, 1.82) is 0 Å². The molecule has 0 bridgehead atoms. The van der Waals surface area contributed by atoms with Gasteiger partial charge in [0.25, 0.3) is 5.91 Å². The number of carbonyl (C=O) groups excluding carboxylic acids is 1. The van der Waals surface area contributed by atoms with Gasteiger partial charge in [-0.2, -0.15) is 13.2 Å². The zero-order valence-electron chi connectivity index (χ0n) is 18.3. The number of amides is 1. The van der Waals surface area contributed by atoms with E-state index >= 15 is 0 Å². The maximum absolute atomic E-state index is 14.9. The number of ether oxygens (including phenoxy) is 1. The van der Waals surface area contributed by atoms with Gasteiger partial charge in [-0.3, -0.25) is 4.79 Å². The molecule has 2 aliphatic rings. The average molecular weight is 456 g/mol. The van der Waals surface area contributed by atoms with E-state index in [1.807, 2.05) is 0 Å². The SMILES string of the molecule is CCN(C1=C(N)C(c2ccc(C(=O)N3CCOCC3)c(F)c2)N(C)C=C1)C(C)C(F)(F)F. The van der Waals surface area contributed by atoms with E-state index in [1.54, 1.807) is 31.1 Å². The van der Waals surface area contributed by atoms with E-state index in [0.717, 1.165) is 6.92 Å². The van der Waals surface area contributed by atoms with Gasteiger partial charge in [0, 0.05) is 32.9 Å². The highest BCUT2D eigenvalue weighted by atomic mass is 19.4. The van der Waals surface area contributed by atoms with Crippen molar-refractivity contribution in [2.75, 3.05) is 39.9 Å². The molecule has 1 aromatic rings. The molecular formula is C22H28F4N4O2. The van der Waals surface area contributed by atoms with Gasteiger partial charge in [0.15, 0.2) is 0 Å². The lowest BCUT2D eigenvalue weighted by molar-refractivity contribution is -0.173. The lowest BCUT2D eigenvalue weighted by Crippen LogP contribution is -2.45. The Bertz CT molecular complexity index is 910. The molecule has 0 saturated carbocycles. The molecule has 1 amide bonds. The molecule has 6 nitrogen and oxygen atoms in total. The summed E-state index contributed by atoms with van der Waals surface area (Å²) in [6, 6.07) is 1.80. The van der Waals surface area contributed by atoms with Crippen LogP contribution in [0.25, 0.3) is 0 Å². The Kier molecular flexibility index (Phi) is 7.02. The lowest BCUT2D eigenvalue weighted by atomic mass is 9.96. The van der Waals surface area contributed by atoms with Crippen LogP contribution in [0.2, 0.25) is 0 Å². The number of nitrogens with two attached hydrogens (primary N) is 1. The van der Waals surface area contributed by atoms with E-state index in [9.17, 15) is 22.4 Å². The van der Waals surface area contributed by atoms with Crippen LogP contribution >= 0.6 is 0 Å². The average Bonchev–Trinajstić information content (AvgIpc) is 2.75. The zero-order chi connectivity index (χ0) is 23.6. The number of benzene rings is 1. The molecule has 0 aromatic heterocycles. The summed E-state index contributed by atoms with van der Waals surface area (Å²) in [4.78, 5) is 17.1. The molecule has 0 aliphatic carbocycles. The van der Waals surface area contributed by atoms with Gasteiger partial charge in [0.05, 0.1) is 36.2 Å². The van der Waals surface area contributed by atoms with E-state index in [2.05, 4.69) is 0 Å². The molecule has 2 heterocycles. The predicted molar refractivity (Wildman–Crippen MR) is 112 cm³/mol. The molecule has 2 aliphatic heterocycles. The van der Waals surface area contributed by atoms with Gasteiger partial charge < -0.3 is 25.2 Å². The molecule has 2 unspecified atom stereocenters. The van der Waals surface area contributed by atoms with Crippen LogP contribution in [0.3, 0.4) is 0 Å². The Balaban J connectivity index is 1.93. The highest BCUT2D eigenvalue weighted by Gasteiger charge is 2.41. The maximum atomic E-state index is 14.9. The Hall–Kier alpha value is -2.75. The summed E-state index contributed by atoms with van der Waals surface area (Å²) >= 11 is 0. The molecule has 1 fully saturated rings. The van der Waals surface area contributed by atoms with E-state index in [1.165, 1.54) is 28.0 Å². The molecule has 10 heteroatoms. The first-order valence-corrected chi connectivity index (χ1v) is 10.5. The van der Waals surface area contributed by atoms with Gasteiger partial charge in [-0.25, -0.2) is 4.39 Å². The standard InChI is InChI=1S/C22H28F4N4O2/c1-4-30(14(2)22(24,25)26)18-7-8-28(3)20(19(18)27)15-5-6-16(17(23)13-15)21(31)29-9-11-32-12-10-29/h5-8,13-14,20H,4,9-12,27H2,1-3H3. The number of morpholine rings is 1. The van der Waals surface area contributed by atoms with Crippen LogP contribution in [0.5, 0.6) is 0 Å². The summed E-state index contributed by atoms with van der Waals surface area (Å²) in [7, 11) is 1.71. The molecule has 0 radical (unpaired) electrons. The van der Waals surface area contributed by atoms with Crippen molar-refractivity contribution in [3.8, 4) is 0 Å². The fraction of sp³-hybridized carbons (Fsp3) is 0.500. The Morgan fingerprint density at radius 2 is 1.97 bits per heavy atom. The number of alkyl halides is 3. The molecule has 1 saturated heterocycles. The van der Waals surface area contributed by atoms with Crippen molar-refractivity contribution in [3.05, 3.63) is 58.8 Å². The highest BCUT2D eigenvalue weighted by molar-refractivity contribution is 5.94. The van der Waals surface area contributed by atoms with Crippen molar-refractivity contribution in [2.45, 2.75) is 32.1 Å². The number of hydrogen-bond donors (Lipinski definition) is 1. The van der Waals surface area contributed by atoms with E-state index in [4.69, 9.17) is 10.5 Å². The van der Waals surface area contributed by atoms with Crippen molar-refractivity contribution in [2.24, 2.45) is 5.73 Å². The quantitative estimate of drug-likeness (QED) is 0.690. The largest absolute Gasteiger partial charge is 0.408 e. The minimum atomic E-state index is -4.43. The summed E-state index contributed by atoms with van der Waals surface area (Å²) in [5.41, 5.74) is 7.14. The first-order valence-electron chi connectivity index (χ1n) is 10.5. The zero-order valence-corrected chi connectivity index (χ0v) is 18.3. The fourth-order valence-corrected chi connectivity index (χ4v) is 4.05.